The van der Waals surface area contributed by atoms with Gasteiger partial charge in [0.1, 0.15) is 5.82 Å². The fourth-order valence-corrected chi connectivity index (χ4v) is 3.34. The summed E-state index contributed by atoms with van der Waals surface area (Å²) in [6.07, 6.45) is 0. The molecule has 0 radical (unpaired) electrons. The Kier molecular flexibility index (Phi) is 6.54. The first-order valence-corrected chi connectivity index (χ1v) is 9.77. The molecule has 1 amide bonds. The number of carbonyl (C=O) groups is 1. The molecule has 0 spiro atoms. The van der Waals surface area contributed by atoms with Crippen molar-refractivity contribution in [2.45, 2.75) is 25.5 Å². The summed E-state index contributed by atoms with van der Waals surface area (Å²) >= 11 is 1.30. The van der Waals surface area contributed by atoms with Gasteiger partial charge in [-0.2, -0.15) is 5.10 Å². The lowest BCUT2D eigenvalue weighted by molar-refractivity contribution is -0.118. The lowest BCUT2D eigenvalue weighted by Gasteiger charge is -2.07. The summed E-state index contributed by atoms with van der Waals surface area (Å²) in [7, 11) is 0. The molecule has 2 aromatic carbocycles. The molecule has 0 aliphatic heterocycles. The number of amides is 1. The summed E-state index contributed by atoms with van der Waals surface area (Å²) < 4.78 is 14.9. The number of halogens is 1. The largest absolute Gasteiger partial charge is 0.302 e. The van der Waals surface area contributed by atoms with E-state index in [0.717, 1.165) is 17.0 Å². The van der Waals surface area contributed by atoms with Crippen molar-refractivity contribution in [1.82, 2.24) is 20.2 Å². The van der Waals surface area contributed by atoms with Crippen LogP contribution in [0.15, 0.2) is 64.9 Å². The van der Waals surface area contributed by atoms with E-state index in [2.05, 4.69) is 20.7 Å². The van der Waals surface area contributed by atoms with Gasteiger partial charge in [-0.1, -0.05) is 54.2 Å². The van der Waals surface area contributed by atoms with E-state index < -0.39 is 0 Å². The van der Waals surface area contributed by atoms with Crippen LogP contribution in [0.3, 0.4) is 0 Å². The minimum atomic E-state index is -0.313. The maximum atomic E-state index is 13.0. The zero-order valence-electron chi connectivity index (χ0n) is 15.6. The second kappa shape index (κ2) is 9.27. The number of nitrogens with one attached hydrogen (secondary N) is 1. The number of nitrogens with zero attached hydrogens (tertiary/aromatic N) is 4. The number of hydrogen-bond acceptors (Lipinski definition) is 5. The van der Waals surface area contributed by atoms with Crippen LogP contribution >= 0.6 is 11.8 Å². The molecule has 3 aromatic rings. The molecule has 1 heterocycles. The highest BCUT2D eigenvalue weighted by atomic mass is 32.2. The highest BCUT2D eigenvalue weighted by Crippen LogP contribution is 2.23. The van der Waals surface area contributed by atoms with Crippen molar-refractivity contribution in [2.75, 3.05) is 5.75 Å². The maximum Gasteiger partial charge on any atom is 0.250 e. The van der Waals surface area contributed by atoms with Crippen LogP contribution in [0.1, 0.15) is 19.4 Å². The van der Waals surface area contributed by atoms with Crippen LogP contribution in [0, 0.1) is 5.82 Å². The minimum Gasteiger partial charge on any atom is -0.302 e. The van der Waals surface area contributed by atoms with Crippen LogP contribution in [0.5, 0.6) is 0 Å². The molecule has 1 aromatic heterocycles. The molecular formula is C20H20FN5OS. The first-order valence-electron chi connectivity index (χ1n) is 8.79. The predicted octanol–water partition coefficient (Wildman–Crippen LogP) is 3.74. The fraction of sp³-hybridized carbons (Fsp3) is 0.200. The molecule has 144 valence electrons. The van der Waals surface area contributed by atoms with Gasteiger partial charge in [0.25, 0.3) is 5.91 Å². The Balaban J connectivity index is 1.61. The van der Waals surface area contributed by atoms with Crippen molar-refractivity contribution in [3.05, 3.63) is 66.0 Å². The monoisotopic (exact) mass is 397 g/mol. The molecule has 0 unspecified atom stereocenters. The summed E-state index contributed by atoms with van der Waals surface area (Å²) in [5, 5.41) is 13.2. The van der Waals surface area contributed by atoms with Gasteiger partial charge in [-0.3, -0.25) is 4.79 Å². The van der Waals surface area contributed by atoms with Crippen molar-refractivity contribution >= 4 is 23.4 Å². The normalized spacial score (nSPS) is 11.5. The smallest absolute Gasteiger partial charge is 0.250 e. The van der Waals surface area contributed by atoms with Crippen LogP contribution in [-0.2, 0) is 11.3 Å². The van der Waals surface area contributed by atoms with Gasteiger partial charge in [-0.25, -0.2) is 9.82 Å². The molecule has 0 aliphatic carbocycles. The van der Waals surface area contributed by atoms with Gasteiger partial charge < -0.3 is 4.57 Å². The Morgan fingerprint density at radius 3 is 2.54 bits per heavy atom. The maximum absolute atomic E-state index is 13.0. The Hall–Kier alpha value is -3.00. The third-order valence-corrected chi connectivity index (χ3v) is 4.97. The fourth-order valence-electron chi connectivity index (χ4n) is 2.55. The molecule has 0 fully saturated rings. The van der Waals surface area contributed by atoms with E-state index in [9.17, 15) is 9.18 Å². The number of benzene rings is 2. The quantitative estimate of drug-likeness (QED) is 0.375. The Morgan fingerprint density at radius 2 is 1.86 bits per heavy atom. The molecule has 0 saturated carbocycles. The highest BCUT2D eigenvalue weighted by molar-refractivity contribution is 7.99. The molecular weight excluding hydrogens is 377 g/mol. The molecule has 6 nitrogen and oxygen atoms in total. The van der Waals surface area contributed by atoms with E-state index in [1.165, 1.54) is 23.9 Å². The summed E-state index contributed by atoms with van der Waals surface area (Å²) in [4.78, 5) is 12.1. The van der Waals surface area contributed by atoms with E-state index in [0.29, 0.717) is 17.4 Å². The number of aromatic nitrogens is 3. The topological polar surface area (TPSA) is 72.2 Å². The van der Waals surface area contributed by atoms with Gasteiger partial charge in [-0.05, 0) is 31.5 Å². The van der Waals surface area contributed by atoms with Crippen LogP contribution < -0.4 is 5.43 Å². The van der Waals surface area contributed by atoms with E-state index in [4.69, 9.17) is 0 Å². The summed E-state index contributed by atoms with van der Waals surface area (Å²) in [6, 6.07) is 15.7. The molecule has 0 aliphatic rings. The molecule has 3 rings (SSSR count). The first-order chi connectivity index (χ1) is 13.6. The van der Waals surface area contributed by atoms with Gasteiger partial charge in [0, 0.05) is 12.1 Å². The van der Waals surface area contributed by atoms with Crippen molar-refractivity contribution in [2.24, 2.45) is 5.10 Å². The van der Waals surface area contributed by atoms with E-state index >= 15 is 0 Å². The zero-order chi connectivity index (χ0) is 19.9. The molecule has 8 heteroatoms. The number of hydrazone groups is 1. The lowest BCUT2D eigenvalue weighted by Crippen LogP contribution is -2.21. The average molecular weight is 397 g/mol. The van der Waals surface area contributed by atoms with Crippen LogP contribution in [0.4, 0.5) is 4.39 Å². The zero-order valence-corrected chi connectivity index (χ0v) is 16.4. The Labute approximate surface area is 166 Å². The third-order valence-electron chi connectivity index (χ3n) is 4.01. The predicted molar refractivity (Wildman–Crippen MR) is 109 cm³/mol. The van der Waals surface area contributed by atoms with Crippen molar-refractivity contribution in [3.8, 4) is 11.4 Å². The van der Waals surface area contributed by atoms with Gasteiger partial charge in [-0.15, -0.1) is 10.2 Å². The Morgan fingerprint density at radius 1 is 1.14 bits per heavy atom. The van der Waals surface area contributed by atoms with Crippen molar-refractivity contribution < 1.29 is 9.18 Å². The molecule has 1 N–H and O–H groups in total. The first kappa shape index (κ1) is 19.8. The number of carbonyl (C=O) groups excluding carboxylic acids is 1. The summed E-state index contributed by atoms with van der Waals surface area (Å²) in [6.45, 7) is 4.46. The van der Waals surface area contributed by atoms with Gasteiger partial charge in [0.05, 0.1) is 11.5 Å². The standard InChI is InChI=1S/C20H20FN5OS/c1-3-26-19(16-7-5-4-6-8-16)24-25-20(26)28-13-18(27)23-22-14(2)15-9-11-17(21)12-10-15/h4-12H,3,13H2,1-2H3,(H,23,27)/b22-14-. The third kappa shape index (κ3) is 4.83. The van der Waals surface area contributed by atoms with Crippen LogP contribution in [0.25, 0.3) is 11.4 Å². The number of thioether (sulfide) groups is 1. The number of rotatable bonds is 7. The minimum absolute atomic E-state index is 0.160. The van der Waals surface area contributed by atoms with Crippen molar-refractivity contribution in [1.29, 1.82) is 0 Å². The lowest BCUT2D eigenvalue weighted by atomic mass is 10.1. The summed E-state index contributed by atoms with van der Waals surface area (Å²) in [5.74, 6) is 0.370. The SMILES string of the molecule is CCn1c(SCC(=O)N/N=C(/C)c2ccc(F)cc2)nnc1-c1ccccc1. The number of hydrogen-bond donors (Lipinski definition) is 1. The molecule has 28 heavy (non-hydrogen) atoms. The van der Waals surface area contributed by atoms with E-state index in [1.807, 2.05) is 41.8 Å². The van der Waals surface area contributed by atoms with E-state index in [-0.39, 0.29) is 17.5 Å². The van der Waals surface area contributed by atoms with Gasteiger partial charge in [0.2, 0.25) is 0 Å². The Bertz CT molecular complexity index is 970. The van der Waals surface area contributed by atoms with Crippen molar-refractivity contribution in [3.63, 3.8) is 0 Å². The molecule has 0 saturated heterocycles. The molecule has 0 bridgehead atoms. The van der Waals surface area contributed by atoms with Crippen LogP contribution in [-0.4, -0.2) is 32.1 Å². The van der Waals surface area contributed by atoms with Gasteiger partial charge >= 0.3 is 0 Å². The summed E-state index contributed by atoms with van der Waals surface area (Å²) in [5.41, 5.74) is 4.84. The van der Waals surface area contributed by atoms with Gasteiger partial charge in [0.15, 0.2) is 11.0 Å². The van der Waals surface area contributed by atoms with Crippen LogP contribution in [0.2, 0.25) is 0 Å². The average Bonchev–Trinajstić information content (AvgIpc) is 3.14. The second-order valence-corrected chi connectivity index (χ2v) is 6.89. The second-order valence-electron chi connectivity index (χ2n) is 5.94. The highest BCUT2D eigenvalue weighted by Gasteiger charge is 2.14. The molecule has 0 atom stereocenters. The van der Waals surface area contributed by atoms with E-state index in [1.54, 1.807) is 19.1 Å².